The average Bonchev–Trinajstić information content (AvgIpc) is 3.33. The van der Waals surface area contributed by atoms with E-state index >= 15 is 0 Å². The van der Waals surface area contributed by atoms with Crippen molar-refractivity contribution in [1.82, 2.24) is 0 Å². The number of para-hydroxylation sites is 2. The summed E-state index contributed by atoms with van der Waals surface area (Å²) in [5, 5.41) is 12.1. The van der Waals surface area contributed by atoms with E-state index in [1.165, 1.54) is 6.07 Å². The molecule has 0 spiro atoms. The summed E-state index contributed by atoms with van der Waals surface area (Å²) in [7, 11) is 0. The van der Waals surface area contributed by atoms with Crippen LogP contribution in [0.1, 0.15) is 18.5 Å². The summed E-state index contributed by atoms with van der Waals surface area (Å²) in [6, 6.07) is 18.2. The van der Waals surface area contributed by atoms with Crippen LogP contribution >= 0.6 is 23.2 Å². The molecule has 34 heavy (non-hydrogen) atoms. The van der Waals surface area contributed by atoms with E-state index in [9.17, 15) is 14.7 Å². The molecule has 2 fully saturated rings. The van der Waals surface area contributed by atoms with Crippen LogP contribution in [-0.4, -0.2) is 29.6 Å². The molecule has 0 radical (unpaired) electrons. The van der Waals surface area contributed by atoms with Gasteiger partial charge in [-0.3, -0.25) is 14.4 Å². The van der Waals surface area contributed by atoms with Gasteiger partial charge in [0, 0.05) is 0 Å². The highest BCUT2D eigenvalue weighted by atomic mass is 35.5. The number of hydrogen-bond acceptors (Lipinski definition) is 6. The first kappa shape index (κ1) is 22.5. The first-order chi connectivity index (χ1) is 16.4. The van der Waals surface area contributed by atoms with Gasteiger partial charge in [-0.2, -0.15) is 0 Å². The highest BCUT2D eigenvalue weighted by Gasteiger charge is 2.60. The minimum absolute atomic E-state index is 0.0226. The molecule has 2 saturated heterocycles. The van der Waals surface area contributed by atoms with Gasteiger partial charge in [-0.25, -0.2) is 9.96 Å². The first-order valence-electron chi connectivity index (χ1n) is 10.7. The Morgan fingerprint density at radius 1 is 0.971 bits per heavy atom. The van der Waals surface area contributed by atoms with Crippen molar-refractivity contribution in [3.63, 3.8) is 0 Å². The van der Waals surface area contributed by atoms with Crippen molar-refractivity contribution in [2.45, 2.75) is 19.1 Å². The largest absolute Gasteiger partial charge is 0.504 e. The molecule has 2 amide bonds. The van der Waals surface area contributed by atoms with E-state index in [0.717, 1.165) is 4.90 Å². The number of nitrogens with zero attached hydrogens (tertiary/aromatic N) is 2. The Bertz CT molecular complexity index is 1250. The van der Waals surface area contributed by atoms with Gasteiger partial charge >= 0.3 is 0 Å². The van der Waals surface area contributed by atoms with Gasteiger partial charge in [0.2, 0.25) is 5.91 Å². The maximum absolute atomic E-state index is 13.7. The molecule has 9 heteroatoms. The Balaban J connectivity index is 1.62. The molecule has 0 aromatic heterocycles. The lowest BCUT2D eigenvalue weighted by molar-refractivity contribution is -0.126. The number of imide groups is 1. The lowest BCUT2D eigenvalue weighted by atomic mass is 9.90. The molecule has 2 heterocycles. The lowest BCUT2D eigenvalue weighted by Crippen LogP contribution is -2.37. The number of anilines is 2. The Morgan fingerprint density at radius 3 is 2.35 bits per heavy atom. The molecule has 0 aliphatic carbocycles. The van der Waals surface area contributed by atoms with Crippen molar-refractivity contribution in [2.75, 3.05) is 16.6 Å². The number of hydrogen-bond donors (Lipinski definition) is 1. The summed E-state index contributed by atoms with van der Waals surface area (Å²) in [4.78, 5) is 34.3. The molecule has 3 atom stereocenters. The van der Waals surface area contributed by atoms with Crippen molar-refractivity contribution in [3.05, 3.63) is 82.3 Å². The van der Waals surface area contributed by atoms with Crippen LogP contribution in [0.4, 0.5) is 11.4 Å². The maximum Gasteiger partial charge on any atom is 0.266 e. The van der Waals surface area contributed by atoms with Crippen LogP contribution in [0.15, 0.2) is 66.7 Å². The smallest absolute Gasteiger partial charge is 0.266 e. The van der Waals surface area contributed by atoms with Crippen molar-refractivity contribution in [3.8, 4) is 11.5 Å². The van der Waals surface area contributed by atoms with E-state index in [-0.39, 0.29) is 27.2 Å². The third-order valence-electron chi connectivity index (χ3n) is 5.91. The van der Waals surface area contributed by atoms with Gasteiger partial charge in [-0.1, -0.05) is 53.5 Å². The number of carbonyl (C=O) groups is 2. The minimum Gasteiger partial charge on any atom is -0.504 e. The van der Waals surface area contributed by atoms with Gasteiger partial charge in [0.1, 0.15) is 5.92 Å². The Labute approximate surface area is 206 Å². The molecular weight excluding hydrogens is 479 g/mol. The molecule has 2 aliphatic rings. The van der Waals surface area contributed by atoms with E-state index in [1.807, 2.05) is 37.3 Å². The minimum atomic E-state index is -1.07. The highest BCUT2D eigenvalue weighted by molar-refractivity contribution is 6.42. The topological polar surface area (TPSA) is 79.3 Å². The number of benzene rings is 3. The van der Waals surface area contributed by atoms with Gasteiger partial charge in [0.15, 0.2) is 17.6 Å². The molecule has 5 rings (SSSR count). The van der Waals surface area contributed by atoms with Gasteiger partial charge < -0.3 is 9.84 Å². The van der Waals surface area contributed by atoms with Crippen LogP contribution < -0.4 is 14.7 Å². The highest BCUT2D eigenvalue weighted by Crippen LogP contribution is 2.50. The number of amides is 2. The third kappa shape index (κ3) is 3.57. The Hall–Kier alpha value is -3.26. The van der Waals surface area contributed by atoms with Crippen molar-refractivity contribution < 1.29 is 24.3 Å². The van der Waals surface area contributed by atoms with Crippen LogP contribution in [0.3, 0.4) is 0 Å². The zero-order chi connectivity index (χ0) is 24.0. The van der Waals surface area contributed by atoms with Crippen LogP contribution in [0.2, 0.25) is 10.0 Å². The standard InChI is InChI=1S/C25H20Cl2N2O5/c1-2-33-19-13-14(11-12-18(19)30)21-20-23(34-29(21)15-7-4-3-5-8-15)25(32)28(24(20)31)22-16(26)9-6-10-17(22)27/h3-13,20-21,23,30H,2H2,1H3/t20-,21+,23-/m0/s1. The molecule has 3 aromatic carbocycles. The molecule has 3 aromatic rings. The SMILES string of the molecule is CCOc1cc([C@@H]2[C@@H]3C(=O)N(c4c(Cl)cccc4Cl)C(=O)[C@H]3ON2c2ccccc2)ccc1O. The quantitative estimate of drug-likeness (QED) is 0.490. The summed E-state index contributed by atoms with van der Waals surface area (Å²) in [6.07, 6.45) is -1.07. The van der Waals surface area contributed by atoms with Gasteiger partial charge in [-0.15, -0.1) is 0 Å². The predicted octanol–water partition coefficient (Wildman–Crippen LogP) is 5.15. The van der Waals surface area contributed by atoms with Crippen molar-refractivity contribution in [1.29, 1.82) is 0 Å². The van der Waals surface area contributed by atoms with Crippen LogP contribution in [0.5, 0.6) is 11.5 Å². The van der Waals surface area contributed by atoms with Crippen LogP contribution in [0.25, 0.3) is 0 Å². The van der Waals surface area contributed by atoms with Crippen molar-refractivity contribution >= 4 is 46.4 Å². The normalized spacial score (nSPS) is 21.8. The fourth-order valence-corrected chi connectivity index (χ4v) is 5.03. The fraction of sp³-hybridized carbons (Fsp3) is 0.200. The molecule has 0 saturated carbocycles. The van der Waals surface area contributed by atoms with Crippen LogP contribution in [0, 0.1) is 5.92 Å². The molecule has 2 aliphatic heterocycles. The number of aromatic hydroxyl groups is 1. The fourth-order valence-electron chi connectivity index (χ4n) is 4.46. The van der Waals surface area contributed by atoms with E-state index in [4.69, 9.17) is 32.8 Å². The van der Waals surface area contributed by atoms with E-state index < -0.39 is 29.9 Å². The number of ether oxygens (including phenoxy) is 1. The molecule has 174 valence electrons. The monoisotopic (exact) mass is 498 g/mol. The summed E-state index contributed by atoms with van der Waals surface area (Å²) in [6.45, 7) is 2.16. The number of halogens is 2. The van der Waals surface area contributed by atoms with Gasteiger partial charge in [0.25, 0.3) is 5.91 Å². The predicted molar refractivity (Wildman–Crippen MR) is 128 cm³/mol. The summed E-state index contributed by atoms with van der Waals surface area (Å²) in [5.41, 5.74) is 1.46. The van der Waals surface area contributed by atoms with Gasteiger partial charge in [0.05, 0.1) is 34.1 Å². The number of fused-ring (bicyclic) bond motifs is 1. The van der Waals surface area contributed by atoms with E-state index in [0.29, 0.717) is 17.9 Å². The number of carbonyl (C=O) groups excluding carboxylic acids is 2. The third-order valence-corrected chi connectivity index (χ3v) is 6.52. The molecule has 1 N–H and O–H groups in total. The van der Waals surface area contributed by atoms with Gasteiger partial charge in [-0.05, 0) is 48.9 Å². The molecular formula is C25H20Cl2N2O5. The summed E-state index contributed by atoms with van der Waals surface area (Å²) >= 11 is 12.6. The Kier molecular flexibility index (Phi) is 5.85. The number of hydroxylamine groups is 1. The second kappa shape index (κ2) is 8.83. The zero-order valence-corrected chi connectivity index (χ0v) is 19.5. The van der Waals surface area contributed by atoms with Crippen LogP contribution in [-0.2, 0) is 14.4 Å². The van der Waals surface area contributed by atoms with E-state index in [2.05, 4.69) is 0 Å². The molecule has 7 nitrogen and oxygen atoms in total. The lowest BCUT2D eigenvalue weighted by Gasteiger charge is -2.29. The number of phenols is 1. The second-order valence-corrected chi connectivity index (χ2v) is 8.71. The first-order valence-corrected chi connectivity index (χ1v) is 11.5. The van der Waals surface area contributed by atoms with Crippen molar-refractivity contribution in [2.24, 2.45) is 5.92 Å². The molecule has 0 unspecified atom stereocenters. The number of rotatable bonds is 5. The Morgan fingerprint density at radius 2 is 1.68 bits per heavy atom. The zero-order valence-electron chi connectivity index (χ0n) is 18.0. The average molecular weight is 499 g/mol. The van der Waals surface area contributed by atoms with E-state index in [1.54, 1.807) is 35.4 Å². The summed E-state index contributed by atoms with van der Waals surface area (Å²) in [5.74, 6) is -1.64. The molecule has 0 bridgehead atoms. The second-order valence-electron chi connectivity index (χ2n) is 7.90. The number of phenolic OH excluding ortho intramolecular Hbond substituents is 1. The summed E-state index contributed by atoms with van der Waals surface area (Å²) < 4.78 is 5.55. The maximum atomic E-state index is 13.7.